The normalized spacial score (nSPS) is 10.2. The molecule has 7 heteroatoms. The van der Waals surface area contributed by atoms with Gasteiger partial charge in [0.05, 0.1) is 18.6 Å². The summed E-state index contributed by atoms with van der Waals surface area (Å²) in [6, 6.07) is 3.39. The highest BCUT2D eigenvalue weighted by Crippen LogP contribution is 2.14. The quantitative estimate of drug-likeness (QED) is 0.786. The lowest BCUT2D eigenvalue weighted by Crippen LogP contribution is -2.22. The van der Waals surface area contributed by atoms with Crippen molar-refractivity contribution in [1.29, 1.82) is 0 Å². The first-order valence-electron chi connectivity index (χ1n) is 6.06. The lowest BCUT2D eigenvalue weighted by molar-refractivity contribution is -0.142. The van der Waals surface area contributed by atoms with Crippen molar-refractivity contribution in [3.63, 3.8) is 0 Å². The molecule has 0 aromatic carbocycles. The van der Waals surface area contributed by atoms with Crippen LogP contribution in [-0.4, -0.2) is 27.5 Å². The molecule has 0 aliphatic heterocycles. The lowest BCUT2D eigenvalue weighted by atomic mass is 10.2. The van der Waals surface area contributed by atoms with Crippen LogP contribution in [0.15, 0.2) is 29.3 Å². The maximum atomic E-state index is 12.0. The van der Waals surface area contributed by atoms with Crippen molar-refractivity contribution < 1.29 is 9.53 Å². The van der Waals surface area contributed by atoms with Gasteiger partial charge in [0.15, 0.2) is 0 Å². The fourth-order valence-electron chi connectivity index (χ4n) is 1.69. The molecule has 7 nitrogen and oxygen atoms in total. The fraction of sp³-hybridized carbons (Fsp3) is 0.231. The first-order chi connectivity index (χ1) is 9.61. The van der Waals surface area contributed by atoms with Crippen LogP contribution in [0.5, 0.6) is 0 Å². The average molecular weight is 274 g/mol. The predicted octanol–water partition coefficient (Wildman–Crippen LogP) is 0.520. The smallest absolute Gasteiger partial charge is 0.310 e. The fourth-order valence-corrected chi connectivity index (χ4v) is 1.69. The summed E-state index contributed by atoms with van der Waals surface area (Å²) in [5.41, 5.74) is 6.10. The molecule has 104 valence electrons. The summed E-state index contributed by atoms with van der Waals surface area (Å²) in [5.74, 6) is -0.153. The van der Waals surface area contributed by atoms with E-state index >= 15 is 0 Å². The molecule has 0 aliphatic carbocycles. The van der Waals surface area contributed by atoms with E-state index in [1.807, 2.05) is 0 Å². The van der Waals surface area contributed by atoms with Gasteiger partial charge in [0.2, 0.25) is 0 Å². The number of nitrogen functional groups attached to an aromatic ring is 1. The summed E-state index contributed by atoms with van der Waals surface area (Å²) in [7, 11) is 0. The first kappa shape index (κ1) is 13.7. The molecule has 2 aromatic rings. The number of carbonyl (C=O) groups excluding carboxylic acids is 1. The number of pyridine rings is 1. The molecular formula is C13H14N4O3. The van der Waals surface area contributed by atoms with Crippen molar-refractivity contribution in [2.24, 2.45) is 0 Å². The molecule has 0 radical (unpaired) electrons. The van der Waals surface area contributed by atoms with Gasteiger partial charge in [-0.05, 0) is 19.1 Å². The van der Waals surface area contributed by atoms with Crippen molar-refractivity contribution in [2.45, 2.75) is 13.3 Å². The number of hydrogen-bond donors (Lipinski definition) is 2. The highest BCUT2D eigenvalue weighted by molar-refractivity contribution is 5.74. The molecule has 0 unspecified atom stereocenters. The molecule has 0 aliphatic rings. The third kappa shape index (κ3) is 3.00. The Balaban J connectivity index is 2.35. The Hall–Kier alpha value is -2.70. The highest BCUT2D eigenvalue weighted by atomic mass is 16.5. The number of nitrogens with two attached hydrogens (primary N) is 1. The number of aromatic nitrogens is 3. The number of esters is 1. The monoisotopic (exact) mass is 274 g/mol. The van der Waals surface area contributed by atoms with Gasteiger partial charge in [-0.1, -0.05) is 0 Å². The molecule has 0 spiro atoms. The van der Waals surface area contributed by atoms with Crippen LogP contribution >= 0.6 is 0 Å². The zero-order chi connectivity index (χ0) is 14.5. The molecule has 0 atom stereocenters. The van der Waals surface area contributed by atoms with Crippen LogP contribution < -0.4 is 11.3 Å². The molecule has 0 bridgehead atoms. The van der Waals surface area contributed by atoms with Gasteiger partial charge in [-0.3, -0.25) is 14.6 Å². The standard InChI is InChI=1S/C13H14N4O3/c1-2-20-10(18)7-9-11(14)16-12(17-13(9)19)8-3-5-15-6-4-8/h3-6H,2,7H2,1H3,(H3,14,16,17,19). The topological polar surface area (TPSA) is 111 Å². The average Bonchev–Trinajstić information content (AvgIpc) is 2.44. The van der Waals surface area contributed by atoms with Crippen molar-refractivity contribution in [2.75, 3.05) is 12.3 Å². The van der Waals surface area contributed by atoms with E-state index in [2.05, 4.69) is 15.0 Å². The Kier molecular flexibility index (Phi) is 4.09. The number of rotatable bonds is 4. The largest absolute Gasteiger partial charge is 0.466 e. The van der Waals surface area contributed by atoms with Crippen LogP contribution in [0.1, 0.15) is 12.5 Å². The Labute approximate surface area is 114 Å². The van der Waals surface area contributed by atoms with Crippen molar-refractivity contribution in [3.8, 4) is 11.4 Å². The molecule has 0 fully saturated rings. The predicted molar refractivity (Wildman–Crippen MR) is 72.8 cm³/mol. The highest BCUT2D eigenvalue weighted by Gasteiger charge is 2.14. The van der Waals surface area contributed by atoms with Gasteiger partial charge in [0.1, 0.15) is 11.6 Å². The van der Waals surface area contributed by atoms with Crippen LogP contribution in [-0.2, 0) is 16.0 Å². The number of nitrogens with zero attached hydrogens (tertiary/aromatic N) is 2. The third-order valence-electron chi connectivity index (χ3n) is 2.63. The summed E-state index contributed by atoms with van der Waals surface area (Å²) in [6.45, 7) is 1.94. The third-order valence-corrected chi connectivity index (χ3v) is 2.63. The zero-order valence-corrected chi connectivity index (χ0v) is 10.9. The van der Waals surface area contributed by atoms with E-state index in [1.54, 1.807) is 31.5 Å². The van der Waals surface area contributed by atoms with Gasteiger partial charge >= 0.3 is 5.97 Å². The minimum atomic E-state index is -0.511. The Morgan fingerprint density at radius 3 is 2.70 bits per heavy atom. The lowest BCUT2D eigenvalue weighted by Gasteiger charge is -2.06. The van der Waals surface area contributed by atoms with E-state index in [1.165, 1.54) is 0 Å². The van der Waals surface area contributed by atoms with Crippen LogP contribution in [0, 0.1) is 0 Å². The van der Waals surface area contributed by atoms with E-state index in [4.69, 9.17) is 10.5 Å². The Morgan fingerprint density at radius 2 is 2.10 bits per heavy atom. The number of aromatic amines is 1. The molecule has 2 aromatic heterocycles. The zero-order valence-electron chi connectivity index (χ0n) is 10.9. The van der Waals surface area contributed by atoms with E-state index < -0.39 is 11.5 Å². The Morgan fingerprint density at radius 1 is 1.40 bits per heavy atom. The number of carbonyl (C=O) groups is 1. The van der Waals surface area contributed by atoms with Gasteiger partial charge < -0.3 is 15.5 Å². The number of hydrogen-bond acceptors (Lipinski definition) is 6. The van der Waals surface area contributed by atoms with Crippen LogP contribution in [0.2, 0.25) is 0 Å². The van der Waals surface area contributed by atoms with Crippen LogP contribution in [0.25, 0.3) is 11.4 Å². The van der Waals surface area contributed by atoms with Gasteiger partial charge in [-0.25, -0.2) is 4.98 Å². The van der Waals surface area contributed by atoms with Gasteiger partial charge in [0.25, 0.3) is 5.56 Å². The van der Waals surface area contributed by atoms with E-state index in [9.17, 15) is 9.59 Å². The first-order valence-corrected chi connectivity index (χ1v) is 6.06. The molecule has 20 heavy (non-hydrogen) atoms. The summed E-state index contributed by atoms with van der Waals surface area (Å²) >= 11 is 0. The second kappa shape index (κ2) is 5.96. The van der Waals surface area contributed by atoms with Crippen molar-refractivity contribution in [3.05, 3.63) is 40.4 Å². The summed E-state index contributed by atoms with van der Waals surface area (Å²) < 4.78 is 4.79. The van der Waals surface area contributed by atoms with E-state index in [0.717, 1.165) is 0 Å². The molecular weight excluding hydrogens is 260 g/mol. The minimum absolute atomic E-state index is 0.0219. The second-order valence-electron chi connectivity index (χ2n) is 4.00. The summed E-state index contributed by atoms with van der Waals surface area (Å²) in [4.78, 5) is 34.0. The van der Waals surface area contributed by atoms with Crippen LogP contribution in [0.4, 0.5) is 5.82 Å². The number of ether oxygens (including phenoxy) is 1. The summed E-state index contributed by atoms with van der Waals surface area (Å²) in [6.07, 6.45) is 2.97. The number of H-pyrrole nitrogens is 1. The van der Waals surface area contributed by atoms with Gasteiger partial charge in [0, 0.05) is 18.0 Å². The molecule has 0 saturated heterocycles. The minimum Gasteiger partial charge on any atom is -0.466 e. The number of nitrogens with one attached hydrogen (secondary N) is 1. The summed E-state index contributed by atoms with van der Waals surface area (Å²) in [5, 5.41) is 0. The second-order valence-corrected chi connectivity index (χ2v) is 4.00. The molecule has 2 rings (SSSR count). The van der Waals surface area contributed by atoms with Gasteiger partial charge in [-0.2, -0.15) is 0 Å². The van der Waals surface area contributed by atoms with Gasteiger partial charge in [-0.15, -0.1) is 0 Å². The Bertz CT molecular complexity index is 667. The van der Waals surface area contributed by atoms with Crippen molar-refractivity contribution in [1.82, 2.24) is 15.0 Å². The molecule has 3 N–H and O–H groups in total. The van der Waals surface area contributed by atoms with E-state index in [0.29, 0.717) is 11.4 Å². The molecule has 2 heterocycles. The van der Waals surface area contributed by atoms with Crippen LogP contribution in [0.3, 0.4) is 0 Å². The SMILES string of the molecule is CCOC(=O)Cc1c(N)nc(-c2ccncc2)[nH]c1=O. The van der Waals surface area contributed by atoms with E-state index in [-0.39, 0.29) is 24.4 Å². The maximum Gasteiger partial charge on any atom is 0.310 e. The molecule has 0 saturated carbocycles. The maximum absolute atomic E-state index is 12.0. The molecule has 0 amide bonds. The number of anilines is 1. The van der Waals surface area contributed by atoms with Crippen molar-refractivity contribution >= 4 is 11.8 Å².